The molecule has 42 heavy (non-hydrogen) atoms. The number of carbonyl (C=O) groups is 1. The second kappa shape index (κ2) is 9.52. The van der Waals surface area contributed by atoms with E-state index in [4.69, 9.17) is 9.47 Å². The fraction of sp³-hybridized carbons (Fsp3) is 0.270. The highest BCUT2D eigenvalue weighted by atomic mass is 16.6. The van der Waals surface area contributed by atoms with Gasteiger partial charge in [-0.3, -0.25) is 0 Å². The van der Waals surface area contributed by atoms with Gasteiger partial charge in [0.25, 0.3) is 0 Å². The number of hydrogen-bond acceptors (Lipinski definition) is 5. The summed E-state index contributed by atoms with van der Waals surface area (Å²) in [5, 5.41) is 0. The number of anilines is 2. The summed E-state index contributed by atoms with van der Waals surface area (Å²) in [6.07, 6.45) is 2.33. The lowest BCUT2D eigenvalue weighted by molar-refractivity contribution is 0.0224. The summed E-state index contributed by atoms with van der Waals surface area (Å²) in [5.74, 6) is 1.12. The van der Waals surface area contributed by atoms with Gasteiger partial charge in [-0.05, 0) is 76.1 Å². The van der Waals surface area contributed by atoms with Gasteiger partial charge in [0.1, 0.15) is 11.5 Å². The highest BCUT2D eigenvalue weighted by molar-refractivity contribution is 5.97. The van der Waals surface area contributed by atoms with Crippen LogP contribution < -0.4 is 14.5 Å². The van der Waals surface area contributed by atoms with Crippen molar-refractivity contribution in [1.29, 1.82) is 0 Å². The number of carbonyl (C=O) groups excluding carboxylic acids is 1. The molecule has 3 heterocycles. The van der Waals surface area contributed by atoms with E-state index in [9.17, 15) is 4.79 Å². The monoisotopic (exact) mass is 556 g/mol. The van der Waals surface area contributed by atoms with Crippen LogP contribution >= 0.6 is 0 Å². The second-order valence-electron chi connectivity index (χ2n) is 12.0. The average Bonchev–Trinajstić information content (AvgIpc) is 3.28. The van der Waals surface area contributed by atoms with E-state index in [1.807, 2.05) is 24.3 Å². The minimum Gasteiger partial charge on any atom is -0.456 e. The predicted molar refractivity (Wildman–Crippen MR) is 169 cm³/mol. The minimum absolute atomic E-state index is 0.231. The molecular formula is C37H36N2O3. The summed E-state index contributed by atoms with van der Waals surface area (Å²) in [4.78, 5) is 18.2. The van der Waals surface area contributed by atoms with E-state index in [1.54, 1.807) is 0 Å². The molecule has 7 rings (SSSR count). The molecular weight excluding hydrogens is 520 g/mol. The first kappa shape index (κ1) is 26.4. The largest absolute Gasteiger partial charge is 0.456 e. The molecule has 0 amide bonds. The Bertz CT molecular complexity index is 1750. The van der Waals surface area contributed by atoms with Crippen molar-refractivity contribution in [3.8, 4) is 11.5 Å². The van der Waals surface area contributed by atoms with E-state index in [1.165, 1.54) is 11.1 Å². The van der Waals surface area contributed by atoms with Gasteiger partial charge in [-0.25, -0.2) is 4.79 Å². The van der Waals surface area contributed by atoms with Gasteiger partial charge in [0, 0.05) is 59.3 Å². The lowest BCUT2D eigenvalue weighted by Crippen LogP contribution is -2.45. The molecule has 4 aromatic rings. The smallest absolute Gasteiger partial charge is 0.340 e. The van der Waals surface area contributed by atoms with Crippen LogP contribution in [0.4, 0.5) is 11.4 Å². The van der Waals surface area contributed by atoms with Crippen LogP contribution in [0.5, 0.6) is 11.5 Å². The molecule has 0 aromatic heterocycles. The number of ether oxygens (including phenoxy) is 2. The molecule has 1 unspecified atom stereocenters. The van der Waals surface area contributed by atoms with Crippen LogP contribution in [0.3, 0.4) is 0 Å². The van der Waals surface area contributed by atoms with Crippen molar-refractivity contribution in [1.82, 2.24) is 0 Å². The number of rotatable bonds is 5. The van der Waals surface area contributed by atoms with Crippen molar-refractivity contribution in [3.63, 3.8) is 0 Å². The average molecular weight is 557 g/mol. The molecule has 212 valence electrons. The van der Waals surface area contributed by atoms with Crippen molar-refractivity contribution in [3.05, 3.63) is 124 Å². The summed E-state index contributed by atoms with van der Waals surface area (Å²) in [5.41, 5.74) is 7.57. The number of fused-ring (bicyclic) bond motifs is 7. The Hall–Kier alpha value is -4.51. The van der Waals surface area contributed by atoms with E-state index in [0.717, 1.165) is 64.8 Å². The zero-order chi connectivity index (χ0) is 29.2. The van der Waals surface area contributed by atoms with Gasteiger partial charge in [-0.1, -0.05) is 54.6 Å². The molecule has 5 heteroatoms. The maximum atomic E-state index is 13.5. The third-order valence-electron chi connectivity index (χ3n) is 9.11. The predicted octanol–water partition coefficient (Wildman–Crippen LogP) is 8.30. The molecule has 0 saturated heterocycles. The Morgan fingerprint density at radius 3 is 2.26 bits per heavy atom. The van der Waals surface area contributed by atoms with Crippen LogP contribution in [0.15, 0.2) is 91.0 Å². The molecule has 1 atom stereocenters. The fourth-order valence-electron chi connectivity index (χ4n) is 7.07. The topological polar surface area (TPSA) is 42.0 Å². The Balaban J connectivity index is 1.48. The van der Waals surface area contributed by atoms with E-state index >= 15 is 0 Å². The van der Waals surface area contributed by atoms with Gasteiger partial charge in [-0.15, -0.1) is 0 Å². The van der Waals surface area contributed by atoms with Crippen LogP contribution in [-0.2, 0) is 16.9 Å². The Morgan fingerprint density at radius 1 is 0.786 bits per heavy atom. The molecule has 3 aliphatic heterocycles. The first-order chi connectivity index (χ1) is 20.3. The SMILES string of the molecule is CCN(CC)c1ccc2c(c1)Oc1cc3c(cc1C21OC(=O)c2ccccc21)N(Cc1ccccc1)C(C)(C)C=C3C. The van der Waals surface area contributed by atoms with E-state index < -0.39 is 5.60 Å². The molecule has 5 nitrogen and oxygen atoms in total. The fourth-order valence-corrected chi connectivity index (χ4v) is 7.07. The first-order valence-electron chi connectivity index (χ1n) is 14.9. The summed E-state index contributed by atoms with van der Waals surface area (Å²) < 4.78 is 13.3. The number of benzene rings is 4. The van der Waals surface area contributed by atoms with Crippen molar-refractivity contribution in [2.24, 2.45) is 0 Å². The molecule has 3 aliphatic rings. The van der Waals surface area contributed by atoms with Gasteiger partial charge >= 0.3 is 5.97 Å². The third kappa shape index (κ3) is 3.79. The van der Waals surface area contributed by atoms with Crippen molar-refractivity contribution in [2.45, 2.75) is 52.3 Å². The van der Waals surface area contributed by atoms with Crippen molar-refractivity contribution >= 4 is 22.9 Å². The van der Waals surface area contributed by atoms with Crippen LogP contribution in [0.1, 0.15) is 72.8 Å². The Labute approximate surface area is 248 Å². The quantitative estimate of drug-likeness (QED) is 0.231. The summed E-state index contributed by atoms with van der Waals surface area (Å²) >= 11 is 0. The highest BCUT2D eigenvalue weighted by Crippen LogP contribution is 2.58. The minimum atomic E-state index is -1.11. The molecule has 0 radical (unpaired) electrons. The van der Waals surface area contributed by atoms with Crippen LogP contribution in [0.25, 0.3) is 5.57 Å². The van der Waals surface area contributed by atoms with Crippen molar-refractivity contribution in [2.75, 3.05) is 22.9 Å². The summed E-state index contributed by atoms with van der Waals surface area (Å²) in [6, 6.07) is 29.0. The standard InChI is InChI=1S/C37H36N2O3/c1-6-38(7-2)26-17-18-30-33(19-26)41-34-20-28-24(3)22-36(4,5)39(23-25-13-9-8-10-14-25)32(28)21-31(34)37(30)29-16-12-11-15-27(29)35(40)42-37/h8-22H,6-7,23H2,1-5H3. The molecule has 0 aliphatic carbocycles. The van der Waals surface area contributed by atoms with Gasteiger partial charge in [0.15, 0.2) is 5.60 Å². The second-order valence-corrected chi connectivity index (χ2v) is 12.0. The summed E-state index contributed by atoms with van der Waals surface area (Å²) in [6.45, 7) is 13.5. The van der Waals surface area contributed by atoms with E-state index in [0.29, 0.717) is 5.56 Å². The van der Waals surface area contributed by atoms with E-state index in [2.05, 4.69) is 111 Å². The van der Waals surface area contributed by atoms with Gasteiger partial charge in [-0.2, -0.15) is 0 Å². The molecule has 0 bridgehead atoms. The molecule has 1 spiro atoms. The molecule has 0 N–H and O–H groups in total. The molecule has 4 aromatic carbocycles. The highest BCUT2D eigenvalue weighted by Gasteiger charge is 2.54. The zero-order valence-corrected chi connectivity index (χ0v) is 24.9. The number of nitrogens with zero attached hydrogens (tertiary/aromatic N) is 2. The molecule has 0 fully saturated rings. The van der Waals surface area contributed by atoms with Crippen LogP contribution in [-0.4, -0.2) is 24.6 Å². The Morgan fingerprint density at radius 2 is 1.50 bits per heavy atom. The lowest BCUT2D eigenvalue weighted by atomic mass is 9.76. The van der Waals surface area contributed by atoms with Crippen LogP contribution in [0.2, 0.25) is 0 Å². The number of esters is 1. The summed E-state index contributed by atoms with van der Waals surface area (Å²) in [7, 11) is 0. The van der Waals surface area contributed by atoms with Gasteiger partial charge in [0.05, 0.1) is 11.1 Å². The first-order valence-corrected chi connectivity index (χ1v) is 14.9. The zero-order valence-electron chi connectivity index (χ0n) is 24.9. The normalized spacial score (nSPS) is 19.2. The van der Waals surface area contributed by atoms with Crippen LogP contribution in [0, 0.1) is 0 Å². The Kier molecular flexibility index (Phi) is 5.98. The van der Waals surface area contributed by atoms with Gasteiger partial charge < -0.3 is 19.3 Å². The lowest BCUT2D eigenvalue weighted by Gasteiger charge is -2.45. The van der Waals surface area contributed by atoms with E-state index in [-0.39, 0.29) is 11.5 Å². The van der Waals surface area contributed by atoms with Gasteiger partial charge in [0.2, 0.25) is 0 Å². The number of hydrogen-bond donors (Lipinski definition) is 0. The number of allylic oxidation sites excluding steroid dienone is 1. The maximum Gasteiger partial charge on any atom is 0.340 e. The maximum absolute atomic E-state index is 13.5. The third-order valence-corrected chi connectivity index (χ3v) is 9.11. The van der Waals surface area contributed by atoms with Crippen molar-refractivity contribution < 1.29 is 14.3 Å². The molecule has 0 saturated carbocycles.